The summed E-state index contributed by atoms with van der Waals surface area (Å²) in [7, 11) is 8.22. The number of aliphatic hydroxyl groups is 4. The van der Waals surface area contributed by atoms with Crippen molar-refractivity contribution in [3.05, 3.63) is 35.9 Å². The normalized spacial score (nSPS) is 53.7. The van der Waals surface area contributed by atoms with Gasteiger partial charge in [0, 0.05) is 76.0 Å². The van der Waals surface area contributed by atoms with Crippen LogP contribution in [0, 0.1) is 34.5 Å². The maximum atomic E-state index is 13.5. The molecule has 0 radical (unpaired) electrons. The lowest BCUT2D eigenvalue weighted by atomic mass is 9.42. The lowest BCUT2D eigenvalue weighted by Gasteiger charge is -2.69. The van der Waals surface area contributed by atoms with Crippen molar-refractivity contribution in [3.63, 3.8) is 0 Å². The number of esters is 1. The van der Waals surface area contributed by atoms with Gasteiger partial charge in [-0.15, -0.1) is 0 Å². The van der Waals surface area contributed by atoms with Crippen LogP contribution in [0.5, 0.6) is 0 Å². The van der Waals surface area contributed by atoms with E-state index >= 15 is 0 Å². The number of likely N-dealkylation sites (tertiary alicyclic amines) is 1. The minimum absolute atomic E-state index is 0.102. The first-order valence-corrected chi connectivity index (χ1v) is 14.9. The van der Waals surface area contributed by atoms with Crippen LogP contribution in [0.3, 0.4) is 0 Å². The van der Waals surface area contributed by atoms with E-state index in [2.05, 4.69) is 4.90 Å². The quantitative estimate of drug-likeness (QED) is 0.311. The standard InChI is InChI=1S/C31H43NO10/c1-32-13-28(14-38-2)17(33)11-18(39-3)30-16-12-29(36)25(42-27(35)15-9-7-6-8-10-15)19(16)31(37,24(34)26(29)41-5)20(23(30)32)21(40-4)22(28)30/h6-10,16-26,33-34,36-37H,11-14H2,1-5H3/t16-,17+,18?,19+,20?,21?,22+,23?,24-,25+,26-,28-,29-,30?,31+/m0/s1. The van der Waals surface area contributed by atoms with Gasteiger partial charge in [0.15, 0.2) is 0 Å². The summed E-state index contributed by atoms with van der Waals surface area (Å²) in [5, 5.41) is 49.4. The molecule has 7 bridgehead atoms. The molecule has 1 spiro atoms. The first kappa shape index (κ1) is 29.1. The number of aliphatic hydroxyl groups excluding tert-OH is 2. The van der Waals surface area contributed by atoms with Gasteiger partial charge in [0.25, 0.3) is 0 Å². The number of rotatable bonds is 7. The first-order chi connectivity index (χ1) is 20.0. The van der Waals surface area contributed by atoms with E-state index in [9.17, 15) is 25.2 Å². The molecule has 6 aliphatic rings. The zero-order valence-corrected chi connectivity index (χ0v) is 24.8. The van der Waals surface area contributed by atoms with Crippen LogP contribution in [0.1, 0.15) is 23.2 Å². The summed E-state index contributed by atoms with van der Waals surface area (Å²) in [5.41, 5.74) is -4.81. The van der Waals surface area contributed by atoms with Gasteiger partial charge < -0.3 is 49.0 Å². The van der Waals surface area contributed by atoms with Gasteiger partial charge in [-0.05, 0) is 31.5 Å². The third-order valence-corrected chi connectivity index (χ3v) is 12.6. The van der Waals surface area contributed by atoms with E-state index in [1.54, 1.807) is 51.7 Å². The predicted octanol–water partition coefficient (Wildman–Crippen LogP) is -0.313. The van der Waals surface area contributed by atoms with E-state index in [0.717, 1.165) is 0 Å². The number of carbonyl (C=O) groups excluding carboxylic acids is 1. The Labute approximate surface area is 245 Å². The number of ether oxygens (including phenoxy) is 5. The summed E-state index contributed by atoms with van der Waals surface area (Å²) in [6.07, 6.45) is -5.28. The maximum absolute atomic E-state index is 13.5. The molecular formula is C31H43NO10. The van der Waals surface area contributed by atoms with Gasteiger partial charge >= 0.3 is 5.97 Å². The molecule has 5 unspecified atom stereocenters. The smallest absolute Gasteiger partial charge is 0.338 e. The average Bonchev–Trinajstić information content (AvgIpc) is 3.37. The fourth-order valence-corrected chi connectivity index (χ4v) is 11.8. The third-order valence-electron chi connectivity index (χ3n) is 12.6. The third kappa shape index (κ3) is 3.05. The molecule has 15 atom stereocenters. The molecule has 232 valence electrons. The predicted molar refractivity (Wildman–Crippen MR) is 146 cm³/mol. The van der Waals surface area contributed by atoms with E-state index in [0.29, 0.717) is 18.5 Å². The summed E-state index contributed by atoms with van der Waals surface area (Å²) >= 11 is 0. The van der Waals surface area contributed by atoms with Crippen molar-refractivity contribution in [1.29, 1.82) is 0 Å². The van der Waals surface area contributed by atoms with Crippen molar-refractivity contribution < 1.29 is 48.9 Å². The minimum atomic E-state index is -1.86. The number of carbonyl (C=O) groups is 1. The molecule has 4 N–H and O–H groups in total. The monoisotopic (exact) mass is 589 g/mol. The minimum Gasteiger partial charge on any atom is -0.455 e. The Bertz CT molecular complexity index is 1240. The molecule has 7 rings (SSSR count). The molecule has 11 nitrogen and oxygen atoms in total. The van der Waals surface area contributed by atoms with Gasteiger partial charge in [-0.1, -0.05) is 18.2 Å². The molecule has 5 saturated carbocycles. The van der Waals surface area contributed by atoms with Crippen LogP contribution >= 0.6 is 0 Å². The lowest BCUT2D eigenvalue weighted by molar-refractivity contribution is -0.318. The van der Waals surface area contributed by atoms with Gasteiger partial charge in [0.1, 0.15) is 29.5 Å². The Hall–Kier alpha value is -1.67. The number of hydrogen-bond donors (Lipinski definition) is 4. The van der Waals surface area contributed by atoms with Gasteiger partial charge in [-0.25, -0.2) is 4.79 Å². The Morgan fingerprint density at radius 2 is 1.71 bits per heavy atom. The van der Waals surface area contributed by atoms with Gasteiger partial charge in [-0.3, -0.25) is 0 Å². The Morgan fingerprint density at radius 3 is 2.33 bits per heavy atom. The molecule has 1 heterocycles. The summed E-state index contributed by atoms with van der Waals surface area (Å²) in [5.74, 6) is -2.96. The van der Waals surface area contributed by atoms with Crippen molar-refractivity contribution in [2.45, 2.75) is 66.7 Å². The molecule has 6 fully saturated rings. The Morgan fingerprint density at radius 1 is 1.00 bits per heavy atom. The average molecular weight is 590 g/mol. The molecule has 0 aromatic heterocycles. The second-order valence-corrected chi connectivity index (χ2v) is 13.7. The molecule has 11 heteroatoms. The van der Waals surface area contributed by atoms with E-state index in [1.165, 1.54) is 7.11 Å². The first-order valence-electron chi connectivity index (χ1n) is 14.9. The fourth-order valence-electron chi connectivity index (χ4n) is 11.8. The highest BCUT2D eigenvalue weighted by Gasteiger charge is 2.91. The fraction of sp³-hybridized carbons (Fsp3) is 0.774. The van der Waals surface area contributed by atoms with E-state index in [4.69, 9.17) is 23.7 Å². The van der Waals surface area contributed by atoms with Crippen molar-refractivity contribution in [3.8, 4) is 0 Å². The Kier molecular flexibility index (Phi) is 6.52. The maximum Gasteiger partial charge on any atom is 0.338 e. The zero-order chi connectivity index (χ0) is 30.0. The van der Waals surface area contributed by atoms with Crippen molar-refractivity contribution in [2.24, 2.45) is 34.5 Å². The lowest BCUT2D eigenvalue weighted by Crippen LogP contribution is -2.80. The zero-order valence-electron chi connectivity index (χ0n) is 24.8. The van der Waals surface area contributed by atoms with Crippen LogP contribution in [-0.4, -0.2) is 134 Å². The van der Waals surface area contributed by atoms with Crippen LogP contribution in [0.2, 0.25) is 0 Å². The van der Waals surface area contributed by atoms with Crippen molar-refractivity contribution >= 4 is 5.97 Å². The van der Waals surface area contributed by atoms with Gasteiger partial charge in [0.05, 0.1) is 30.5 Å². The number of fused-ring (bicyclic) bond motifs is 2. The van der Waals surface area contributed by atoms with Crippen LogP contribution < -0.4 is 0 Å². The number of hydrogen-bond acceptors (Lipinski definition) is 11. The van der Waals surface area contributed by atoms with Crippen LogP contribution in [0.25, 0.3) is 0 Å². The molecule has 1 saturated heterocycles. The van der Waals surface area contributed by atoms with Crippen LogP contribution in [-0.2, 0) is 23.7 Å². The Balaban J connectivity index is 1.47. The number of nitrogens with zero attached hydrogens (tertiary/aromatic N) is 1. The molecule has 1 aromatic carbocycles. The second kappa shape index (κ2) is 9.42. The number of methoxy groups -OCH3 is 4. The summed E-state index contributed by atoms with van der Waals surface area (Å²) < 4.78 is 30.3. The molecule has 5 aliphatic carbocycles. The number of benzene rings is 1. The molecule has 1 aliphatic heterocycles. The van der Waals surface area contributed by atoms with Crippen molar-refractivity contribution in [1.82, 2.24) is 4.90 Å². The summed E-state index contributed by atoms with van der Waals surface area (Å²) in [6, 6.07) is 8.22. The van der Waals surface area contributed by atoms with Gasteiger partial charge in [0.2, 0.25) is 0 Å². The highest BCUT2D eigenvalue weighted by atomic mass is 16.6. The molecule has 42 heavy (non-hydrogen) atoms. The largest absolute Gasteiger partial charge is 0.455 e. The summed E-state index contributed by atoms with van der Waals surface area (Å²) in [6.45, 7) is 0.760. The molecular weight excluding hydrogens is 546 g/mol. The van der Waals surface area contributed by atoms with E-state index in [-0.39, 0.29) is 25.0 Å². The summed E-state index contributed by atoms with van der Waals surface area (Å²) in [4.78, 5) is 15.7. The highest BCUT2D eigenvalue weighted by molar-refractivity contribution is 5.89. The van der Waals surface area contributed by atoms with Crippen LogP contribution in [0.15, 0.2) is 30.3 Å². The topological polar surface area (TPSA) is 147 Å². The molecule has 1 aromatic rings. The molecule has 0 amide bonds. The van der Waals surface area contributed by atoms with E-state index < -0.39 is 82.4 Å². The van der Waals surface area contributed by atoms with Crippen molar-refractivity contribution in [2.75, 3.05) is 48.6 Å². The van der Waals surface area contributed by atoms with E-state index in [1.807, 2.05) is 7.05 Å². The SMILES string of the molecule is COC[C@]12CN(C)C3C4C(OC)[C@H]1C3(C(OC)C[C@H]2O)[C@H]1C[C@]2(O)[C@H](OC(=O)c3ccccc3)[C@@H]1[C@]4(O)[C@@H](O)[C@@H]2OC. The second-order valence-electron chi connectivity index (χ2n) is 13.7. The highest BCUT2D eigenvalue weighted by Crippen LogP contribution is 2.80. The van der Waals surface area contributed by atoms with Gasteiger partial charge in [-0.2, -0.15) is 0 Å². The number of piperidine rings is 1. The van der Waals surface area contributed by atoms with Crippen LogP contribution in [0.4, 0.5) is 0 Å².